The van der Waals surface area contributed by atoms with Crippen molar-refractivity contribution in [3.05, 3.63) is 29.3 Å². The highest BCUT2D eigenvalue weighted by molar-refractivity contribution is 7.16. The summed E-state index contributed by atoms with van der Waals surface area (Å²) in [4.78, 5) is 16.1. The lowest BCUT2D eigenvalue weighted by Crippen LogP contribution is -2.35. The Bertz CT molecular complexity index is 524. The van der Waals surface area contributed by atoms with Crippen LogP contribution in [0.4, 0.5) is 0 Å². The van der Waals surface area contributed by atoms with Gasteiger partial charge in [-0.25, -0.2) is 4.98 Å². The molecule has 1 heterocycles. The number of carbonyl (C=O) groups excluding carboxylic acids is 1. The highest BCUT2D eigenvalue weighted by atomic mass is 32.1. The average Bonchev–Trinajstić information content (AvgIpc) is 2.75. The summed E-state index contributed by atoms with van der Waals surface area (Å²) >= 11 is 1.53. The van der Waals surface area contributed by atoms with Crippen LogP contribution in [0.3, 0.4) is 0 Å². The van der Waals surface area contributed by atoms with Crippen molar-refractivity contribution in [2.45, 2.75) is 13.0 Å². The van der Waals surface area contributed by atoms with E-state index in [2.05, 4.69) is 10.3 Å². The molecule has 0 aliphatic heterocycles. The molecular weight excluding hydrogens is 236 g/mol. The minimum atomic E-state index is -0.0788. The summed E-state index contributed by atoms with van der Waals surface area (Å²) < 4.78 is 6.00. The van der Waals surface area contributed by atoms with E-state index in [0.29, 0.717) is 12.2 Å². The van der Waals surface area contributed by atoms with Crippen molar-refractivity contribution in [1.82, 2.24) is 10.3 Å². The maximum absolute atomic E-state index is 11.9. The maximum Gasteiger partial charge on any atom is 0.251 e. The molecule has 0 aliphatic carbocycles. The van der Waals surface area contributed by atoms with E-state index in [4.69, 9.17) is 4.74 Å². The van der Waals surface area contributed by atoms with Gasteiger partial charge in [0.2, 0.25) is 0 Å². The Kier molecular flexibility index (Phi) is 3.71. The van der Waals surface area contributed by atoms with E-state index in [-0.39, 0.29) is 11.9 Å². The van der Waals surface area contributed by atoms with E-state index >= 15 is 0 Å². The first-order valence-electron chi connectivity index (χ1n) is 5.33. The molecule has 1 amide bonds. The third-order valence-corrected chi connectivity index (χ3v) is 3.18. The fourth-order valence-corrected chi connectivity index (χ4v) is 2.31. The highest BCUT2D eigenvalue weighted by Gasteiger charge is 2.10. The molecule has 0 bridgehead atoms. The number of hydrogen-bond donors (Lipinski definition) is 1. The molecule has 1 unspecified atom stereocenters. The van der Waals surface area contributed by atoms with Crippen molar-refractivity contribution >= 4 is 27.5 Å². The standard InChI is InChI=1S/C12H14N2O2S/c1-8(6-16-2)14-12(15)9-3-4-10-11(5-9)17-7-13-10/h3-5,7-8H,6H2,1-2H3,(H,14,15). The minimum Gasteiger partial charge on any atom is -0.383 e. The molecule has 5 heteroatoms. The predicted molar refractivity (Wildman–Crippen MR) is 68.4 cm³/mol. The molecular formula is C12H14N2O2S. The quantitative estimate of drug-likeness (QED) is 0.903. The first-order chi connectivity index (χ1) is 8.20. The Hall–Kier alpha value is -1.46. The number of carbonyl (C=O) groups is 1. The van der Waals surface area contributed by atoms with Crippen molar-refractivity contribution in [2.75, 3.05) is 13.7 Å². The summed E-state index contributed by atoms with van der Waals surface area (Å²) in [6.45, 7) is 2.42. The molecule has 0 fully saturated rings. The number of aromatic nitrogens is 1. The molecule has 2 rings (SSSR count). The number of ether oxygens (including phenoxy) is 1. The van der Waals surface area contributed by atoms with Crippen LogP contribution in [0.15, 0.2) is 23.7 Å². The largest absolute Gasteiger partial charge is 0.383 e. The van der Waals surface area contributed by atoms with Crippen molar-refractivity contribution in [3.8, 4) is 0 Å². The summed E-state index contributed by atoms with van der Waals surface area (Å²) in [5.41, 5.74) is 3.36. The molecule has 90 valence electrons. The molecule has 0 saturated heterocycles. The van der Waals surface area contributed by atoms with Crippen LogP contribution in [0.25, 0.3) is 10.2 Å². The molecule has 1 aromatic carbocycles. The zero-order valence-corrected chi connectivity index (χ0v) is 10.6. The second-order valence-corrected chi connectivity index (χ2v) is 4.75. The van der Waals surface area contributed by atoms with Gasteiger partial charge >= 0.3 is 0 Å². The van der Waals surface area contributed by atoms with Gasteiger partial charge < -0.3 is 10.1 Å². The van der Waals surface area contributed by atoms with Crippen LogP contribution in [0.1, 0.15) is 17.3 Å². The van der Waals surface area contributed by atoms with E-state index in [1.165, 1.54) is 11.3 Å². The van der Waals surface area contributed by atoms with Gasteiger partial charge in [0.1, 0.15) is 0 Å². The van der Waals surface area contributed by atoms with Crippen molar-refractivity contribution in [1.29, 1.82) is 0 Å². The van der Waals surface area contributed by atoms with Gasteiger partial charge in [-0.2, -0.15) is 0 Å². The van der Waals surface area contributed by atoms with E-state index < -0.39 is 0 Å². The molecule has 0 aliphatic rings. The summed E-state index contributed by atoms with van der Waals surface area (Å²) in [6.07, 6.45) is 0. The lowest BCUT2D eigenvalue weighted by molar-refractivity contribution is 0.0905. The molecule has 0 radical (unpaired) electrons. The van der Waals surface area contributed by atoms with Crippen molar-refractivity contribution in [3.63, 3.8) is 0 Å². The Morgan fingerprint density at radius 2 is 2.41 bits per heavy atom. The second-order valence-electron chi connectivity index (χ2n) is 3.86. The van der Waals surface area contributed by atoms with Crippen molar-refractivity contribution < 1.29 is 9.53 Å². The lowest BCUT2D eigenvalue weighted by atomic mass is 10.2. The number of thiazole rings is 1. The number of nitrogens with zero attached hydrogens (tertiary/aromatic N) is 1. The maximum atomic E-state index is 11.9. The van der Waals surface area contributed by atoms with Gasteiger partial charge in [-0.3, -0.25) is 4.79 Å². The number of benzene rings is 1. The molecule has 0 spiro atoms. The second kappa shape index (κ2) is 5.25. The summed E-state index contributed by atoms with van der Waals surface area (Å²) in [7, 11) is 1.62. The van der Waals surface area contributed by atoms with E-state index in [1.807, 2.05) is 19.1 Å². The van der Waals surface area contributed by atoms with E-state index in [1.54, 1.807) is 18.7 Å². The summed E-state index contributed by atoms with van der Waals surface area (Å²) in [6, 6.07) is 5.52. The fraction of sp³-hybridized carbons (Fsp3) is 0.333. The van der Waals surface area contributed by atoms with Gasteiger partial charge in [0.15, 0.2) is 0 Å². The summed E-state index contributed by atoms with van der Waals surface area (Å²) in [5.74, 6) is -0.0788. The topological polar surface area (TPSA) is 51.2 Å². The van der Waals surface area contributed by atoms with E-state index in [9.17, 15) is 4.79 Å². The third kappa shape index (κ3) is 2.81. The normalized spacial score (nSPS) is 12.6. The van der Waals surface area contributed by atoms with Crippen LogP contribution in [0, 0.1) is 0 Å². The van der Waals surface area contributed by atoms with Gasteiger partial charge in [-0.15, -0.1) is 11.3 Å². The number of methoxy groups -OCH3 is 1. The average molecular weight is 250 g/mol. The molecule has 1 atom stereocenters. The first kappa shape index (κ1) is 12.0. The van der Waals surface area contributed by atoms with Crippen LogP contribution in [-0.2, 0) is 4.74 Å². The van der Waals surface area contributed by atoms with Gasteiger partial charge in [-0.05, 0) is 25.1 Å². The first-order valence-corrected chi connectivity index (χ1v) is 6.21. The van der Waals surface area contributed by atoms with Gasteiger partial charge in [0.05, 0.1) is 22.3 Å². The zero-order chi connectivity index (χ0) is 12.3. The third-order valence-electron chi connectivity index (χ3n) is 2.39. The highest BCUT2D eigenvalue weighted by Crippen LogP contribution is 2.18. The molecule has 0 saturated carbocycles. The Morgan fingerprint density at radius 1 is 1.59 bits per heavy atom. The van der Waals surface area contributed by atoms with Crippen LogP contribution >= 0.6 is 11.3 Å². The molecule has 2 aromatic rings. The van der Waals surface area contributed by atoms with E-state index in [0.717, 1.165) is 10.2 Å². The van der Waals surface area contributed by atoms with Gasteiger partial charge in [0, 0.05) is 18.7 Å². The van der Waals surface area contributed by atoms with Gasteiger partial charge in [0.25, 0.3) is 5.91 Å². The van der Waals surface area contributed by atoms with Crippen LogP contribution in [-0.4, -0.2) is 30.6 Å². The molecule has 17 heavy (non-hydrogen) atoms. The molecule has 4 nitrogen and oxygen atoms in total. The molecule has 1 N–H and O–H groups in total. The van der Waals surface area contributed by atoms with Crippen molar-refractivity contribution in [2.24, 2.45) is 0 Å². The number of amides is 1. The number of fused-ring (bicyclic) bond motifs is 1. The fourth-order valence-electron chi connectivity index (χ4n) is 1.60. The van der Waals surface area contributed by atoms with Crippen LogP contribution < -0.4 is 5.32 Å². The monoisotopic (exact) mass is 250 g/mol. The zero-order valence-electron chi connectivity index (χ0n) is 9.77. The minimum absolute atomic E-state index is 0.00431. The van der Waals surface area contributed by atoms with Crippen LogP contribution in [0.5, 0.6) is 0 Å². The Morgan fingerprint density at radius 3 is 3.18 bits per heavy atom. The Balaban J connectivity index is 2.13. The number of hydrogen-bond acceptors (Lipinski definition) is 4. The SMILES string of the molecule is COCC(C)NC(=O)c1ccc2ncsc2c1. The molecule has 1 aromatic heterocycles. The van der Waals surface area contributed by atoms with Crippen LogP contribution in [0.2, 0.25) is 0 Å². The predicted octanol–water partition coefficient (Wildman–Crippen LogP) is 2.06. The number of nitrogens with one attached hydrogen (secondary N) is 1. The Labute approximate surface area is 104 Å². The smallest absolute Gasteiger partial charge is 0.251 e. The van der Waals surface area contributed by atoms with Gasteiger partial charge in [-0.1, -0.05) is 0 Å². The lowest BCUT2D eigenvalue weighted by Gasteiger charge is -2.12. The number of rotatable bonds is 4. The summed E-state index contributed by atoms with van der Waals surface area (Å²) in [5, 5.41) is 2.87.